The smallest absolute Gasteiger partial charge is 0.414 e. The molecular weight excluding hydrogens is 230 g/mol. The van der Waals surface area contributed by atoms with Crippen LogP contribution in [0.4, 0.5) is 0 Å². The van der Waals surface area contributed by atoms with Gasteiger partial charge in [0.15, 0.2) is 0 Å². The molecule has 1 heterocycles. The Bertz CT molecular complexity index is 343. The second-order valence-corrected chi connectivity index (χ2v) is 3.05. The van der Waals surface area contributed by atoms with Crippen LogP contribution in [0, 0.1) is 13.8 Å². The van der Waals surface area contributed by atoms with E-state index in [9.17, 15) is 0 Å². The fraction of sp³-hybridized carbons (Fsp3) is 0.444. The van der Waals surface area contributed by atoms with Gasteiger partial charge in [-0.25, -0.2) is 9.59 Å². The number of nitrogens with one attached hydrogen (secondary N) is 2. The van der Waals surface area contributed by atoms with Crippen molar-refractivity contribution < 1.29 is 25.3 Å². The minimum Gasteiger partial charge on any atom is -0.473 e. The third-order valence-electron chi connectivity index (χ3n) is 1.82. The Labute approximate surface area is 98.0 Å². The van der Waals surface area contributed by atoms with Crippen LogP contribution in [0.1, 0.15) is 17.0 Å². The second-order valence-electron chi connectivity index (χ2n) is 3.05. The standard InChI is InChI=1S/C7H13N3.C2H2O4.H2O/c1-5-7(4-8-3)6(2)10-9-5;3-1(4)2(5)6;/h8H,4H2,1-3H3,(H,9,10);(H,3,4)(H,5,6);1H2. The molecule has 1 rings (SSSR count). The van der Waals surface area contributed by atoms with Gasteiger partial charge in [-0.1, -0.05) is 0 Å². The zero-order chi connectivity index (χ0) is 12.7. The van der Waals surface area contributed by atoms with Crippen molar-refractivity contribution in [3.05, 3.63) is 17.0 Å². The van der Waals surface area contributed by atoms with E-state index >= 15 is 0 Å². The van der Waals surface area contributed by atoms with E-state index in [0.717, 1.165) is 17.9 Å². The van der Waals surface area contributed by atoms with Crippen LogP contribution in [0.2, 0.25) is 0 Å². The van der Waals surface area contributed by atoms with Crippen LogP contribution < -0.4 is 5.32 Å². The van der Waals surface area contributed by atoms with E-state index < -0.39 is 11.9 Å². The van der Waals surface area contributed by atoms with E-state index in [1.165, 1.54) is 5.56 Å². The normalized spacial score (nSPS) is 8.65. The van der Waals surface area contributed by atoms with Crippen molar-refractivity contribution in [2.24, 2.45) is 0 Å². The third kappa shape index (κ3) is 6.28. The number of rotatable bonds is 2. The number of hydrogen-bond acceptors (Lipinski definition) is 4. The van der Waals surface area contributed by atoms with E-state index in [1.54, 1.807) is 0 Å². The predicted octanol–water partition coefficient (Wildman–Crippen LogP) is -0.923. The molecule has 0 saturated carbocycles. The van der Waals surface area contributed by atoms with E-state index in [1.807, 2.05) is 20.9 Å². The molecule has 0 aliphatic heterocycles. The molecule has 0 radical (unpaired) electrons. The highest BCUT2D eigenvalue weighted by molar-refractivity contribution is 6.27. The van der Waals surface area contributed by atoms with Crippen LogP contribution in [0.25, 0.3) is 0 Å². The number of carboxylic acid groups (broad SMARTS) is 2. The minimum absolute atomic E-state index is 0. The number of carboxylic acids is 2. The van der Waals surface area contributed by atoms with Gasteiger partial charge in [0.1, 0.15) is 0 Å². The topological polar surface area (TPSA) is 147 Å². The van der Waals surface area contributed by atoms with Crippen molar-refractivity contribution in [2.45, 2.75) is 20.4 Å². The maximum absolute atomic E-state index is 9.10. The SMILES string of the molecule is CNCc1c(C)n[nH]c1C.O.O=C(O)C(=O)O. The summed E-state index contributed by atoms with van der Waals surface area (Å²) < 4.78 is 0. The molecule has 0 fully saturated rings. The zero-order valence-corrected chi connectivity index (χ0v) is 9.87. The largest absolute Gasteiger partial charge is 0.473 e. The van der Waals surface area contributed by atoms with Crippen molar-refractivity contribution in [1.29, 1.82) is 0 Å². The van der Waals surface area contributed by atoms with Gasteiger partial charge in [0, 0.05) is 17.8 Å². The van der Waals surface area contributed by atoms with Crippen molar-refractivity contribution >= 4 is 11.9 Å². The maximum Gasteiger partial charge on any atom is 0.414 e. The molecule has 0 atom stereocenters. The lowest BCUT2D eigenvalue weighted by Crippen LogP contribution is -2.09. The average Bonchev–Trinajstić information content (AvgIpc) is 2.51. The Morgan fingerprint density at radius 3 is 2.00 bits per heavy atom. The van der Waals surface area contributed by atoms with Gasteiger partial charge in [-0.3, -0.25) is 5.10 Å². The number of nitrogens with zero attached hydrogens (tertiary/aromatic N) is 1. The molecule has 0 aliphatic rings. The molecule has 0 unspecified atom stereocenters. The average molecular weight is 247 g/mol. The van der Waals surface area contributed by atoms with Gasteiger partial charge >= 0.3 is 11.9 Å². The number of aromatic amines is 1. The molecule has 1 aromatic rings. The van der Waals surface area contributed by atoms with Crippen LogP contribution in [0.5, 0.6) is 0 Å². The van der Waals surface area contributed by atoms with Crippen molar-refractivity contribution in [3.8, 4) is 0 Å². The number of hydrogen-bond donors (Lipinski definition) is 4. The lowest BCUT2D eigenvalue weighted by Gasteiger charge is -1.97. The highest BCUT2D eigenvalue weighted by Gasteiger charge is 2.04. The Balaban J connectivity index is 0. The van der Waals surface area contributed by atoms with Crippen LogP contribution in [0.3, 0.4) is 0 Å². The Morgan fingerprint density at radius 2 is 1.76 bits per heavy atom. The zero-order valence-electron chi connectivity index (χ0n) is 9.87. The summed E-state index contributed by atoms with van der Waals surface area (Å²) in [4.78, 5) is 18.2. The van der Waals surface area contributed by atoms with Gasteiger partial charge in [0.25, 0.3) is 0 Å². The summed E-state index contributed by atoms with van der Waals surface area (Å²) in [5, 5.41) is 24.9. The van der Waals surface area contributed by atoms with E-state index in [-0.39, 0.29) is 5.48 Å². The number of carbonyl (C=O) groups is 2. The Kier molecular flexibility index (Phi) is 8.47. The number of aromatic nitrogens is 2. The monoisotopic (exact) mass is 247 g/mol. The predicted molar refractivity (Wildman–Crippen MR) is 59.7 cm³/mol. The summed E-state index contributed by atoms with van der Waals surface area (Å²) >= 11 is 0. The molecule has 6 N–H and O–H groups in total. The summed E-state index contributed by atoms with van der Waals surface area (Å²) in [6, 6.07) is 0. The van der Waals surface area contributed by atoms with Crippen LogP contribution in [-0.2, 0) is 16.1 Å². The fourth-order valence-corrected chi connectivity index (χ4v) is 1.01. The van der Waals surface area contributed by atoms with Gasteiger partial charge in [0.2, 0.25) is 0 Å². The molecule has 98 valence electrons. The first-order chi connectivity index (χ1) is 7.40. The molecule has 17 heavy (non-hydrogen) atoms. The quantitative estimate of drug-likeness (QED) is 0.497. The molecule has 0 aromatic carbocycles. The molecule has 0 spiro atoms. The summed E-state index contributed by atoms with van der Waals surface area (Å²) in [7, 11) is 1.94. The minimum atomic E-state index is -1.82. The second kappa shape index (κ2) is 8.25. The molecule has 0 aliphatic carbocycles. The van der Waals surface area contributed by atoms with E-state index in [2.05, 4.69) is 15.5 Å². The number of H-pyrrole nitrogens is 1. The van der Waals surface area contributed by atoms with E-state index in [0.29, 0.717) is 0 Å². The Morgan fingerprint density at radius 1 is 1.29 bits per heavy atom. The van der Waals surface area contributed by atoms with Gasteiger partial charge < -0.3 is 21.0 Å². The van der Waals surface area contributed by atoms with Crippen molar-refractivity contribution in [2.75, 3.05) is 7.05 Å². The summed E-state index contributed by atoms with van der Waals surface area (Å²) in [5.41, 5.74) is 3.53. The Hall–Kier alpha value is -1.93. The first-order valence-electron chi connectivity index (χ1n) is 4.51. The third-order valence-corrected chi connectivity index (χ3v) is 1.82. The molecule has 0 saturated heterocycles. The maximum atomic E-state index is 9.10. The fourth-order valence-electron chi connectivity index (χ4n) is 1.01. The highest BCUT2D eigenvalue weighted by Crippen LogP contribution is 2.07. The highest BCUT2D eigenvalue weighted by atomic mass is 16.4. The molecule has 1 aromatic heterocycles. The first kappa shape index (κ1) is 17.5. The molecule has 8 heteroatoms. The van der Waals surface area contributed by atoms with Gasteiger partial charge in [-0.15, -0.1) is 0 Å². The summed E-state index contributed by atoms with van der Waals surface area (Å²) in [5.74, 6) is -3.65. The van der Waals surface area contributed by atoms with Gasteiger partial charge in [-0.2, -0.15) is 5.10 Å². The molecule has 8 nitrogen and oxygen atoms in total. The van der Waals surface area contributed by atoms with Crippen LogP contribution in [-0.4, -0.2) is 44.9 Å². The summed E-state index contributed by atoms with van der Waals surface area (Å²) in [6.45, 7) is 4.94. The van der Waals surface area contributed by atoms with Gasteiger partial charge in [-0.05, 0) is 20.9 Å². The van der Waals surface area contributed by atoms with Crippen LogP contribution >= 0.6 is 0 Å². The van der Waals surface area contributed by atoms with Gasteiger partial charge in [0.05, 0.1) is 5.69 Å². The van der Waals surface area contributed by atoms with Crippen LogP contribution in [0.15, 0.2) is 0 Å². The van der Waals surface area contributed by atoms with Crippen molar-refractivity contribution in [3.63, 3.8) is 0 Å². The van der Waals surface area contributed by atoms with E-state index in [4.69, 9.17) is 19.8 Å². The molecule has 0 bridgehead atoms. The number of aryl methyl sites for hydroxylation is 2. The first-order valence-corrected chi connectivity index (χ1v) is 4.51. The van der Waals surface area contributed by atoms with Crippen molar-refractivity contribution in [1.82, 2.24) is 15.5 Å². The lowest BCUT2D eigenvalue weighted by molar-refractivity contribution is -0.159. The summed E-state index contributed by atoms with van der Waals surface area (Å²) in [6.07, 6.45) is 0. The molecular formula is C9H17N3O5. The number of aliphatic carboxylic acids is 2. The lowest BCUT2D eigenvalue weighted by atomic mass is 10.2. The molecule has 0 amide bonds.